The summed E-state index contributed by atoms with van der Waals surface area (Å²) in [5, 5.41) is 0. The maximum Gasteiger partial charge on any atom is 0.201 e. The minimum atomic E-state index is -2.68. The molecule has 0 unspecified atom stereocenters. The Balaban J connectivity index is 1.61. The van der Waals surface area contributed by atoms with Gasteiger partial charge in [0.2, 0.25) is 10.9 Å². The van der Waals surface area contributed by atoms with E-state index in [0.717, 1.165) is 11.3 Å². The molecule has 0 aliphatic carbocycles. The molecule has 168 valence electrons. The number of carbonyl (C=O) groups excluding carboxylic acids is 1. The lowest BCUT2D eigenvalue weighted by molar-refractivity contribution is 0.103. The number of benzene rings is 2. The third-order valence-electron chi connectivity index (χ3n) is 5.20. The fraction of sp³-hybridized carbons (Fsp3) is 0.167. The van der Waals surface area contributed by atoms with Gasteiger partial charge >= 0.3 is 0 Å². The fourth-order valence-electron chi connectivity index (χ4n) is 3.46. The van der Waals surface area contributed by atoms with Crippen molar-refractivity contribution in [1.29, 1.82) is 0 Å². The molecule has 9 heteroatoms. The largest absolute Gasteiger partial charge is 0.288 e. The van der Waals surface area contributed by atoms with Gasteiger partial charge in [0.25, 0.3) is 0 Å². The number of aromatic nitrogens is 3. The van der Waals surface area contributed by atoms with Crippen LogP contribution in [0, 0.1) is 12.7 Å². The van der Waals surface area contributed by atoms with Crippen molar-refractivity contribution in [1.82, 2.24) is 19.7 Å². The van der Waals surface area contributed by atoms with E-state index in [-0.39, 0.29) is 12.1 Å². The SMILES string of the molecule is Cc1ccc(-c2cnc3ccc(C(=O)c4cccc(CCCN[SH](=O)=O)c4F)cc3n2)cn1. The number of rotatable bonds is 8. The van der Waals surface area contributed by atoms with Crippen LogP contribution in [-0.2, 0) is 17.3 Å². The molecule has 1 N–H and O–H groups in total. The van der Waals surface area contributed by atoms with E-state index in [2.05, 4.69) is 19.7 Å². The van der Waals surface area contributed by atoms with Crippen molar-refractivity contribution < 1.29 is 17.6 Å². The van der Waals surface area contributed by atoms with Crippen molar-refractivity contribution in [2.45, 2.75) is 19.8 Å². The first-order valence-electron chi connectivity index (χ1n) is 10.3. The van der Waals surface area contributed by atoms with Crippen molar-refractivity contribution in [3.05, 3.63) is 89.1 Å². The molecule has 7 nitrogen and oxygen atoms in total. The summed E-state index contributed by atoms with van der Waals surface area (Å²) < 4.78 is 38.5. The van der Waals surface area contributed by atoms with E-state index in [1.54, 1.807) is 42.7 Å². The van der Waals surface area contributed by atoms with Crippen molar-refractivity contribution in [3.63, 3.8) is 0 Å². The minimum Gasteiger partial charge on any atom is -0.288 e. The summed E-state index contributed by atoms with van der Waals surface area (Å²) in [6, 6.07) is 13.3. The Morgan fingerprint density at radius 3 is 2.64 bits per heavy atom. The molecule has 0 aliphatic rings. The first-order chi connectivity index (χ1) is 15.9. The van der Waals surface area contributed by atoms with E-state index >= 15 is 4.39 Å². The summed E-state index contributed by atoms with van der Waals surface area (Å²) in [5.41, 5.74) is 4.09. The second kappa shape index (κ2) is 9.93. The smallest absolute Gasteiger partial charge is 0.201 e. The van der Waals surface area contributed by atoms with Crippen LogP contribution in [-0.4, -0.2) is 35.7 Å². The normalized spacial score (nSPS) is 11.2. The van der Waals surface area contributed by atoms with Gasteiger partial charge in [0.1, 0.15) is 5.82 Å². The van der Waals surface area contributed by atoms with E-state index in [9.17, 15) is 13.2 Å². The van der Waals surface area contributed by atoms with Crippen LogP contribution in [0.3, 0.4) is 0 Å². The van der Waals surface area contributed by atoms with Crippen molar-refractivity contribution in [2.24, 2.45) is 0 Å². The summed E-state index contributed by atoms with van der Waals surface area (Å²) in [5.74, 6) is -1.05. The van der Waals surface area contributed by atoms with E-state index in [0.29, 0.717) is 40.7 Å². The highest BCUT2D eigenvalue weighted by atomic mass is 32.2. The Morgan fingerprint density at radius 1 is 1.03 bits per heavy atom. The molecule has 2 heterocycles. The summed E-state index contributed by atoms with van der Waals surface area (Å²) in [6.07, 6.45) is 4.09. The Morgan fingerprint density at radius 2 is 1.88 bits per heavy atom. The molecule has 4 rings (SSSR count). The Hall–Kier alpha value is -3.56. The molecule has 0 amide bonds. The maximum absolute atomic E-state index is 15.0. The second-order valence-corrected chi connectivity index (χ2v) is 8.35. The highest BCUT2D eigenvalue weighted by Crippen LogP contribution is 2.22. The third-order valence-corrected chi connectivity index (χ3v) is 5.68. The molecule has 2 aromatic carbocycles. The Bertz CT molecular complexity index is 1400. The van der Waals surface area contributed by atoms with Gasteiger partial charge in [-0.1, -0.05) is 12.1 Å². The molecule has 0 saturated heterocycles. The highest BCUT2D eigenvalue weighted by molar-refractivity contribution is 7.70. The van der Waals surface area contributed by atoms with Crippen LogP contribution in [0.4, 0.5) is 4.39 Å². The summed E-state index contributed by atoms with van der Waals surface area (Å²) >= 11 is 0. The molecule has 2 aromatic heterocycles. The van der Waals surface area contributed by atoms with E-state index < -0.39 is 22.5 Å². The summed E-state index contributed by atoms with van der Waals surface area (Å²) in [7, 11) is -2.68. The molecule has 0 atom stereocenters. The average molecular weight is 465 g/mol. The zero-order valence-corrected chi connectivity index (χ0v) is 18.7. The number of pyridine rings is 1. The van der Waals surface area contributed by atoms with Crippen molar-refractivity contribution in [2.75, 3.05) is 6.54 Å². The van der Waals surface area contributed by atoms with Crippen LogP contribution < -0.4 is 4.72 Å². The summed E-state index contributed by atoms with van der Waals surface area (Å²) in [4.78, 5) is 26.4. The van der Waals surface area contributed by atoms with Gasteiger partial charge < -0.3 is 0 Å². The molecule has 4 aromatic rings. The van der Waals surface area contributed by atoms with Gasteiger partial charge in [0.05, 0.1) is 28.5 Å². The van der Waals surface area contributed by atoms with Gasteiger partial charge in [-0.3, -0.25) is 14.8 Å². The highest BCUT2D eigenvalue weighted by Gasteiger charge is 2.17. The Kier molecular flexibility index (Phi) is 6.81. The number of thiol groups is 1. The number of nitrogens with zero attached hydrogens (tertiary/aromatic N) is 3. The van der Waals surface area contributed by atoms with Gasteiger partial charge in [-0.25, -0.2) is 22.5 Å². The maximum atomic E-state index is 15.0. The molecule has 0 aliphatic heterocycles. The number of hydrogen-bond donors (Lipinski definition) is 2. The van der Waals surface area contributed by atoms with E-state index in [1.807, 2.05) is 19.1 Å². The standard InChI is InChI=1S/C24H21FN4O3S/c1-15-7-8-18(13-26-15)22-14-27-20-10-9-17(12-21(20)29-22)24(30)19-6-2-4-16(23(19)25)5-3-11-28-33(31)32/h2,4,6-10,12-14,33H,3,5,11H2,1H3,(H,28,31,32). The fourth-order valence-corrected chi connectivity index (χ4v) is 3.80. The molecule has 0 fully saturated rings. The lowest BCUT2D eigenvalue weighted by Gasteiger charge is -2.09. The quantitative estimate of drug-likeness (QED) is 0.235. The van der Waals surface area contributed by atoms with Gasteiger partial charge in [-0.2, -0.15) is 0 Å². The molecular weight excluding hydrogens is 443 g/mol. The van der Waals surface area contributed by atoms with Gasteiger partial charge in [-0.05, 0) is 61.7 Å². The number of fused-ring (bicyclic) bond motifs is 1. The number of halogens is 1. The van der Waals surface area contributed by atoms with Gasteiger partial charge in [0.15, 0.2) is 5.78 Å². The topological polar surface area (TPSA) is 102 Å². The first-order valence-corrected chi connectivity index (χ1v) is 11.5. The van der Waals surface area contributed by atoms with Crippen LogP contribution in [0.1, 0.15) is 33.6 Å². The molecule has 0 saturated carbocycles. The lowest BCUT2D eigenvalue weighted by Crippen LogP contribution is -2.14. The Labute approximate surface area is 191 Å². The lowest BCUT2D eigenvalue weighted by atomic mass is 9.98. The van der Waals surface area contributed by atoms with Crippen LogP contribution >= 0.6 is 0 Å². The molecule has 33 heavy (non-hydrogen) atoms. The van der Waals surface area contributed by atoms with Crippen LogP contribution in [0.5, 0.6) is 0 Å². The van der Waals surface area contributed by atoms with Crippen LogP contribution in [0.15, 0.2) is 60.9 Å². The minimum absolute atomic E-state index is 0.0402. The van der Waals surface area contributed by atoms with Crippen LogP contribution in [0.2, 0.25) is 0 Å². The summed E-state index contributed by atoms with van der Waals surface area (Å²) in [6.45, 7) is 2.10. The van der Waals surface area contributed by atoms with Crippen LogP contribution in [0.25, 0.3) is 22.3 Å². The van der Waals surface area contributed by atoms with Gasteiger partial charge in [0, 0.05) is 29.6 Å². The molecule has 0 radical (unpaired) electrons. The zero-order valence-electron chi connectivity index (χ0n) is 17.8. The van der Waals surface area contributed by atoms with Gasteiger partial charge in [-0.15, -0.1) is 0 Å². The molecule has 0 spiro atoms. The third kappa shape index (κ3) is 5.27. The first kappa shape index (κ1) is 22.6. The predicted octanol–water partition coefficient (Wildman–Crippen LogP) is 3.42. The number of aryl methyl sites for hydroxylation is 2. The predicted molar refractivity (Wildman–Crippen MR) is 124 cm³/mol. The number of carbonyl (C=O) groups is 1. The number of ketones is 1. The molecular formula is C24H21FN4O3S. The van der Waals surface area contributed by atoms with E-state index in [1.165, 1.54) is 6.07 Å². The van der Waals surface area contributed by atoms with E-state index in [4.69, 9.17) is 0 Å². The molecule has 0 bridgehead atoms. The monoisotopic (exact) mass is 464 g/mol. The van der Waals surface area contributed by atoms with Crippen molar-refractivity contribution >= 4 is 27.7 Å². The second-order valence-electron chi connectivity index (χ2n) is 7.52. The zero-order chi connectivity index (χ0) is 23.4. The number of hydrogen-bond acceptors (Lipinski definition) is 6. The number of nitrogens with one attached hydrogen (secondary N) is 1. The average Bonchev–Trinajstić information content (AvgIpc) is 2.82. The van der Waals surface area contributed by atoms with Crippen molar-refractivity contribution in [3.8, 4) is 11.3 Å².